The average molecular weight is 242 g/mol. The molecule has 0 aromatic heterocycles. The highest BCUT2D eigenvalue weighted by molar-refractivity contribution is 5.78. The van der Waals surface area contributed by atoms with Crippen molar-refractivity contribution in [2.75, 3.05) is 33.3 Å². The van der Waals surface area contributed by atoms with Crippen molar-refractivity contribution in [1.82, 2.24) is 10.2 Å². The monoisotopic (exact) mass is 242 g/mol. The van der Waals surface area contributed by atoms with Crippen LogP contribution in [-0.4, -0.2) is 50.2 Å². The van der Waals surface area contributed by atoms with Gasteiger partial charge in [0.05, 0.1) is 6.10 Å². The van der Waals surface area contributed by atoms with Crippen LogP contribution in [0.5, 0.6) is 0 Å². The Hall–Kier alpha value is -0.610. The Bertz CT molecular complexity index is 233. The fraction of sp³-hybridized carbons (Fsp3) is 0.923. The van der Waals surface area contributed by atoms with Gasteiger partial charge in [-0.1, -0.05) is 13.8 Å². The Labute approximate surface area is 105 Å². The molecule has 0 radical (unpaired) electrons. The average Bonchev–Trinajstić information content (AvgIpc) is 2.36. The molecule has 17 heavy (non-hydrogen) atoms. The number of likely N-dealkylation sites (tertiary alicyclic amines) is 1. The van der Waals surface area contributed by atoms with E-state index in [4.69, 9.17) is 4.74 Å². The van der Waals surface area contributed by atoms with Gasteiger partial charge in [-0.25, -0.2) is 0 Å². The Morgan fingerprint density at radius 2 is 2.35 bits per heavy atom. The van der Waals surface area contributed by atoms with Crippen LogP contribution in [0.15, 0.2) is 0 Å². The number of nitrogens with zero attached hydrogens (tertiary/aromatic N) is 1. The Morgan fingerprint density at radius 1 is 1.59 bits per heavy atom. The minimum absolute atomic E-state index is 0.0601. The maximum absolute atomic E-state index is 12.1. The number of carbonyl (C=O) groups is 1. The van der Waals surface area contributed by atoms with Gasteiger partial charge in [0.1, 0.15) is 0 Å². The number of hydrogen-bond donors (Lipinski definition) is 1. The molecule has 0 aliphatic carbocycles. The molecule has 1 amide bonds. The molecule has 1 aliphatic rings. The van der Waals surface area contributed by atoms with Crippen LogP contribution in [0.4, 0.5) is 0 Å². The lowest BCUT2D eigenvalue weighted by molar-refractivity contribution is -0.139. The second kappa shape index (κ2) is 7.67. The first-order valence-electron chi connectivity index (χ1n) is 6.74. The van der Waals surface area contributed by atoms with E-state index < -0.39 is 0 Å². The largest absolute Gasteiger partial charge is 0.376 e. The molecule has 1 aliphatic heterocycles. The highest BCUT2D eigenvalue weighted by Gasteiger charge is 2.26. The second-order valence-electron chi connectivity index (χ2n) is 4.88. The van der Waals surface area contributed by atoms with Crippen molar-refractivity contribution in [2.24, 2.45) is 5.92 Å². The molecule has 0 spiro atoms. The number of hydrogen-bond acceptors (Lipinski definition) is 3. The summed E-state index contributed by atoms with van der Waals surface area (Å²) >= 11 is 0. The van der Waals surface area contributed by atoms with E-state index in [0.29, 0.717) is 0 Å². The van der Waals surface area contributed by atoms with Gasteiger partial charge in [-0.15, -0.1) is 0 Å². The van der Waals surface area contributed by atoms with Crippen molar-refractivity contribution in [3.63, 3.8) is 0 Å². The first-order chi connectivity index (χ1) is 8.19. The predicted octanol–water partition coefficient (Wildman–Crippen LogP) is 1.26. The van der Waals surface area contributed by atoms with Gasteiger partial charge < -0.3 is 15.0 Å². The van der Waals surface area contributed by atoms with Gasteiger partial charge in [0, 0.05) is 32.2 Å². The lowest BCUT2D eigenvalue weighted by Crippen LogP contribution is -2.46. The van der Waals surface area contributed by atoms with E-state index in [1.165, 1.54) is 0 Å². The number of rotatable bonds is 6. The summed E-state index contributed by atoms with van der Waals surface area (Å²) in [7, 11) is 1.88. The van der Waals surface area contributed by atoms with Crippen molar-refractivity contribution in [3.05, 3.63) is 0 Å². The van der Waals surface area contributed by atoms with Crippen LogP contribution in [0.1, 0.15) is 33.1 Å². The summed E-state index contributed by atoms with van der Waals surface area (Å²) in [6, 6.07) is 0. The van der Waals surface area contributed by atoms with Crippen LogP contribution >= 0.6 is 0 Å². The summed E-state index contributed by atoms with van der Waals surface area (Å²) in [5.41, 5.74) is 0. The Balaban J connectivity index is 2.39. The van der Waals surface area contributed by atoms with E-state index >= 15 is 0 Å². The van der Waals surface area contributed by atoms with E-state index in [9.17, 15) is 4.79 Å². The predicted molar refractivity (Wildman–Crippen MR) is 68.9 cm³/mol. The van der Waals surface area contributed by atoms with Crippen molar-refractivity contribution in [3.8, 4) is 0 Å². The fourth-order valence-electron chi connectivity index (χ4n) is 2.26. The molecule has 4 nitrogen and oxygen atoms in total. The Morgan fingerprint density at radius 3 is 3.00 bits per heavy atom. The summed E-state index contributed by atoms with van der Waals surface area (Å²) in [5, 5.41) is 3.05. The van der Waals surface area contributed by atoms with Gasteiger partial charge in [0.15, 0.2) is 0 Å². The van der Waals surface area contributed by atoms with E-state index in [-0.39, 0.29) is 17.9 Å². The topological polar surface area (TPSA) is 41.6 Å². The van der Waals surface area contributed by atoms with E-state index in [1.807, 2.05) is 18.9 Å². The summed E-state index contributed by atoms with van der Waals surface area (Å²) < 4.78 is 5.74. The maximum Gasteiger partial charge on any atom is 0.226 e. The van der Waals surface area contributed by atoms with Crippen LogP contribution in [0.25, 0.3) is 0 Å². The fourth-order valence-corrected chi connectivity index (χ4v) is 2.26. The molecule has 2 atom stereocenters. The molecule has 1 saturated heterocycles. The van der Waals surface area contributed by atoms with Crippen molar-refractivity contribution in [1.29, 1.82) is 0 Å². The van der Waals surface area contributed by atoms with Gasteiger partial charge >= 0.3 is 0 Å². The van der Waals surface area contributed by atoms with Crippen LogP contribution < -0.4 is 5.32 Å². The minimum Gasteiger partial charge on any atom is -0.376 e. The van der Waals surface area contributed by atoms with Crippen molar-refractivity contribution >= 4 is 5.91 Å². The Kier molecular flexibility index (Phi) is 6.52. The lowest BCUT2D eigenvalue weighted by Gasteiger charge is -2.34. The molecule has 1 fully saturated rings. The van der Waals surface area contributed by atoms with E-state index in [0.717, 1.165) is 45.5 Å². The molecule has 0 aromatic rings. The standard InChI is InChI=1S/C13H26N2O2/c1-4-8-17-12-6-5-7-15(10-12)13(16)11(2)9-14-3/h11-12,14H,4-10H2,1-3H3. The van der Waals surface area contributed by atoms with Crippen LogP contribution in [0.2, 0.25) is 0 Å². The molecule has 0 bridgehead atoms. The van der Waals surface area contributed by atoms with Gasteiger partial charge in [-0.3, -0.25) is 4.79 Å². The quantitative estimate of drug-likeness (QED) is 0.762. The minimum atomic E-state index is 0.0601. The van der Waals surface area contributed by atoms with E-state index in [1.54, 1.807) is 0 Å². The van der Waals surface area contributed by atoms with Crippen LogP contribution in [0, 0.1) is 5.92 Å². The zero-order chi connectivity index (χ0) is 12.7. The van der Waals surface area contributed by atoms with Gasteiger partial charge in [0.2, 0.25) is 5.91 Å². The first-order valence-corrected chi connectivity index (χ1v) is 6.74. The molecule has 2 unspecified atom stereocenters. The molecule has 4 heteroatoms. The molecule has 0 saturated carbocycles. The molecule has 0 aromatic carbocycles. The third-order valence-corrected chi connectivity index (χ3v) is 3.18. The van der Waals surface area contributed by atoms with Crippen LogP contribution in [0.3, 0.4) is 0 Å². The summed E-state index contributed by atoms with van der Waals surface area (Å²) in [5.74, 6) is 0.314. The second-order valence-corrected chi connectivity index (χ2v) is 4.88. The number of carbonyl (C=O) groups excluding carboxylic acids is 1. The zero-order valence-electron chi connectivity index (χ0n) is 11.4. The lowest BCUT2D eigenvalue weighted by atomic mass is 10.0. The van der Waals surface area contributed by atoms with E-state index in [2.05, 4.69) is 12.2 Å². The number of amides is 1. The molecule has 100 valence electrons. The highest BCUT2D eigenvalue weighted by atomic mass is 16.5. The summed E-state index contributed by atoms with van der Waals surface area (Å²) in [6.45, 7) is 7.30. The highest BCUT2D eigenvalue weighted by Crippen LogP contribution is 2.15. The SMILES string of the molecule is CCCOC1CCCN(C(=O)C(C)CNC)C1. The molecule has 1 rings (SSSR count). The third kappa shape index (κ3) is 4.64. The normalized spacial score (nSPS) is 22.5. The third-order valence-electron chi connectivity index (χ3n) is 3.18. The molecule has 1 heterocycles. The number of ether oxygens (including phenoxy) is 1. The smallest absolute Gasteiger partial charge is 0.226 e. The zero-order valence-corrected chi connectivity index (χ0v) is 11.4. The van der Waals surface area contributed by atoms with Gasteiger partial charge in [-0.2, -0.15) is 0 Å². The number of nitrogens with one attached hydrogen (secondary N) is 1. The molecule has 1 N–H and O–H groups in total. The summed E-state index contributed by atoms with van der Waals surface area (Å²) in [6.07, 6.45) is 3.44. The maximum atomic E-state index is 12.1. The van der Waals surface area contributed by atoms with Gasteiger partial charge in [-0.05, 0) is 26.3 Å². The number of piperidine rings is 1. The van der Waals surface area contributed by atoms with Crippen molar-refractivity contribution in [2.45, 2.75) is 39.2 Å². The first kappa shape index (κ1) is 14.5. The van der Waals surface area contributed by atoms with Crippen molar-refractivity contribution < 1.29 is 9.53 Å². The summed E-state index contributed by atoms with van der Waals surface area (Å²) in [4.78, 5) is 14.1. The van der Waals surface area contributed by atoms with Gasteiger partial charge in [0.25, 0.3) is 0 Å². The van der Waals surface area contributed by atoms with Crippen LogP contribution in [-0.2, 0) is 9.53 Å². The molecular weight excluding hydrogens is 216 g/mol. The molecular formula is C13H26N2O2.